The lowest BCUT2D eigenvalue weighted by molar-refractivity contribution is 0.594. The van der Waals surface area contributed by atoms with Gasteiger partial charge in [0.1, 0.15) is 0 Å². The molecule has 0 amide bonds. The van der Waals surface area contributed by atoms with Crippen LogP contribution in [0.5, 0.6) is 0 Å². The molecular weight excluding hydrogens is 356 g/mol. The maximum Gasteiger partial charge on any atom is 0.208 e. The van der Waals surface area contributed by atoms with Gasteiger partial charge in [0.25, 0.3) is 0 Å². The average molecular weight is 381 g/mol. The standard InChI is InChI=1S/C19H25ClN2O2S/c1-4-11-22(12-5-2)18-8-6-7-14(3)19(18)25(23,24)15-9-10-17(21)16(20)13-15/h6-10,13H,4-5,11-12,21H2,1-3H3. The lowest BCUT2D eigenvalue weighted by Gasteiger charge is -2.27. The molecule has 0 unspecified atom stereocenters. The predicted octanol–water partition coefficient (Wildman–Crippen LogP) is 4.69. The first-order valence-corrected chi connectivity index (χ1v) is 10.3. The molecule has 2 N–H and O–H groups in total. The van der Waals surface area contributed by atoms with Gasteiger partial charge in [-0.3, -0.25) is 0 Å². The van der Waals surface area contributed by atoms with E-state index in [-0.39, 0.29) is 9.92 Å². The Morgan fingerprint density at radius 2 is 1.72 bits per heavy atom. The zero-order chi connectivity index (χ0) is 18.6. The van der Waals surface area contributed by atoms with Crippen molar-refractivity contribution in [3.05, 3.63) is 47.0 Å². The van der Waals surface area contributed by atoms with Crippen LogP contribution in [-0.2, 0) is 9.84 Å². The van der Waals surface area contributed by atoms with Crippen LogP contribution in [0.3, 0.4) is 0 Å². The third-order valence-corrected chi connectivity index (χ3v) is 6.34. The van der Waals surface area contributed by atoms with E-state index in [0.29, 0.717) is 10.6 Å². The van der Waals surface area contributed by atoms with Gasteiger partial charge < -0.3 is 10.6 Å². The molecule has 136 valence electrons. The number of nitrogen functional groups attached to an aromatic ring is 1. The Morgan fingerprint density at radius 1 is 1.08 bits per heavy atom. The van der Waals surface area contributed by atoms with Crippen LogP contribution in [-0.4, -0.2) is 21.5 Å². The number of rotatable bonds is 7. The summed E-state index contributed by atoms with van der Waals surface area (Å²) < 4.78 is 26.7. The van der Waals surface area contributed by atoms with Crippen molar-refractivity contribution in [2.24, 2.45) is 0 Å². The summed E-state index contributed by atoms with van der Waals surface area (Å²) in [4.78, 5) is 2.65. The molecule has 0 aliphatic carbocycles. The van der Waals surface area contributed by atoms with Gasteiger partial charge in [0.05, 0.1) is 26.2 Å². The molecule has 0 aliphatic heterocycles. The first-order valence-electron chi connectivity index (χ1n) is 8.47. The molecule has 6 heteroatoms. The fraction of sp³-hybridized carbons (Fsp3) is 0.368. The fourth-order valence-corrected chi connectivity index (χ4v) is 4.89. The van der Waals surface area contributed by atoms with Gasteiger partial charge in [-0.15, -0.1) is 0 Å². The zero-order valence-corrected chi connectivity index (χ0v) is 16.5. The summed E-state index contributed by atoms with van der Waals surface area (Å²) in [6.07, 6.45) is 1.89. The normalized spacial score (nSPS) is 11.5. The summed E-state index contributed by atoms with van der Waals surface area (Å²) in [5.74, 6) is 0. The van der Waals surface area contributed by atoms with Crippen molar-refractivity contribution >= 4 is 32.8 Å². The Labute approximate surface area is 155 Å². The van der Waals surface area contributed by atoms with Gasteiger partial charge >= 0.3 is 0 Å². The molecule has 0 radical (unpaired) electrons. The van der Waals surface area contributed by atoms with Gasteiger partial charge in [-0.1, -0.05) is 37.6 Å². The second-order valence-electron chi connectivity index (χ2n) is 6.10. The molecule has 2 aromatic rings. The summed E-state index contributed by atoms with van der Waals surface area (Å²) >= 11 is 6.05. The van der Waals surface area contributed by atoms with E-state index in [2.05, 4.69) is 18.7 Å². The number of nitrogens with two attached hydrogens (primary N) is 1. The summed E-state index contributed by atoms with van der Waals surface area (Å²) in [5.41, 5.74) is 7.56. The number of benzene rings is 2. The number of hydrogen-bond acceptors (Lipinski definition) is 4. The molecule has 0 saturated heterocycles. The van der Waals surface area contributed by atoms with Crippen molar-refractivity contribution < 1.29 is 8.42 Å². The van der Waals surface area contributed by atoms with Gasteiger partial charge in [-0.25, -0.2) is 8.42 Å². The van der Waals surface area contributed by atoms with Crippen molar-refractivity contribution in [3.8, 4) is 0 Å². The van der Waals surface area contributed by atoms with Crippen LogP contribution in [0.1, 0.15) is 32.3 Å². The number of aryl methyl sites for hydroxylation is 1. The Balaban J connectivity index is 2.66. The second-order valence-corrected chi connectivity index (χ2v) is 8.39. The summed E-state index contributed by atoms with van der Waals surface area (Å²) in [6, 6.07) is 10.1. The van der Waals surface area contributed by atoms with Crippen molar-refractivity contribution in [1.82, 2.24) is 0 Å². The zero-order valence-electron chi connectivity index (χ0n) is 14.9. The van der Waals surface area contributed by atoms with E-state index in [9.17, 15) is 8.42 Å². The monoisotopic (exact) mass is 380 g/mol. The van der Waals surface area contributed by atoms with E-state index in [0.717, 1.165) is 37.2 Å². The van der Waals surface area contributed by atoms with Gasteiger partial charge in [-0.2, -0.15) is 0 Å². The topological polar surface area (TPSA) is 63.4 Å². The van der Waals surface area contributed by atoms with E-state index in [1.807, 2.05) is 25.1 Å². The number of sulfone groups is 1. The van der Waals surface area contributed by atoms with Crippen molar-refractivity contribution in [2.45, 2.75) is 43.4 Å². The second kappa shape index (κ2) is 8.11. The molecule has 0 fully saturated rings. The van der Waals surface area contributed by atoms with E-state index in [4.69, 9.17) is 17.3 Å². The number of nitrogens with zero attached hydrogens (tertiary/aromatic N) is 1. The van der Waals surface area contributed by atoms with Crippen LogP contribution >= 0.6 is 11.6 Å². The van der Waals surface area contributed by atoms with Gasteiger partial charge in [0.15, 0.2) is 0 Å². The summed E-state index contributed by atoms with van der Waals surface area (Å²) in [6.45, 7) is 7.62. The molecule has 4 nitrogen and oxygen atoms in total. The maximum atomic E-state index is 13.3. The molecule has 0 aliphatic rings. The molecule has 2 aromatic carbocycles. The minimum Gasteiger partial charge on any atom is -0.398 e. The Bertz CT molecular complexity index is 844. The van der Waals surface area contributed by atoms with Crippen LogP contribution in [0.2, 0.25) is 5.02 Å². The fourth-order valence-electron chi connectivity index (χ4n) is 2.92. The molecule has 25 heavy (non-hydrogen) atoms. The first-order chi connectivity index (χ1) is 11.8. The van der Waals surface area contributed by atoms with E-state index >= 15 is 0 Å². The van der Waals surface area contributed by atoms with Gasteiger partial charge in [0, 0.05) is 13.1 Å². The van der Waals surface area contributed by atoms with Crippen LogP contribution in [0.15, 0.2) is 46.2 Å². The minimum absolute atomic E-state index is 0.162. The largest absolute Gasteiger partial charge is 0.398 e. The number of anilines is 2. The first kappa shape index (κ1) is 19.6. The maximum absolute atomic E-state index is 13.3. The van der Waals surface area contributed by atoms with Crippen LogP contribution in [0.4, 0.5) is 11.4 Å². The third-order valence-electron chi connectivity index (χ3n) is 4.07. The molecule has 0 aromatic heterocycles. The van der Waals surface area contributed by atoms with Crippen LogP contribution < -0.4 is 10.6 Å². The van der Waals surface area contributed by atoms with E-state index < -0.39 is 9.84 Å². The lowest BCUT2D eigenvalue weighted by atomic mass is 10.2. The Hall–Kier alpha value is -1.72. The summed E-state index contributed by atoms with van der Waals surface area (Å²) in [7, 11) is -3.70. The smallest absolute Gasteiger partial charge is 0.208 e. The van der Waals surface area contributed by atoms with Crippen molar-refractivity contribution in [3.63, 3.8) is 0 Å². The van der Waals surface area contributed by atoms with Gasteiger partial charge in [0.2, 0.25) is 9.84 Å². The number of halogens is 1. The number of hydrogen-bond donors (Lipinski definition) is 1. The predicted molar refractivity (Wildman–Crippen MR) is 105 cm³/mol. The van der Waals surface area contributed by atoms with Gasteiger partial charge in [-0.05, 0) is 49.6 Å². The molecule has 0 saturated carbocycles. The van der Waals surface area contributed by atoms with E-state index in [1.165, 1.54) is 18.2 Å². The average Bonchev–Trinajstić information content (AvgIpc) is 2.56. The lowest BCUT2D eigenvalue weighted by Crippen LogP contribution is -2.27. The Kier molecular flexibility index (Phi) is 6.36. The van der Waals surface area contributed by atoms with Crippen LogP contribution in [0, 0.1) is 6.92 Å². The highest BCUT2D eigenvalue weighted by Gasteiger charge is 2.26. The van der Waals surface area contributed by atoms with Crippen LogP contribution in [0.25, 0.3) is 0 Å². The highest BCUT2D eigenvalue weighted by molar-refractivity contribution is 7.91. The molecule has 0 bridgehead atoms. The van der Waals surface area contributed by atoms with Crippen molar-refractivity contribution in [1.29, 1.82) is 0 Å². The molecule has 0 atom stereocenters. The highest BCUT2D eigenvalue weighted by Crippen LogP contribution is 2.35. The third kappa shape index (κ3) is 4.10. The Morgan fingerprint density at radius 3 is 2.28 bits per heavy atom. The molecule has 0 spiro atoms. The molecule has 2 rings (SSSR count). The molecular formula is C19H25ClN2O2S. The SMILES string of the molecule is CCCN(CCC)c1cccc(C)c1S(=O)(=O)c1ccc(N)c(Cl)c1. The quantitative estimate of drug-likeness (QED) is 0.707. The minimum atomic E-state index is -3.70. The van der Waals surface area contributed by atoms with E-state index in [1.54, 1.807) is 0 Å². The summed E-state index contributed by atoms with van der Waals surface area (Å²) in [5, 5.41) is 0.246. The highest BCUT2D eigenvalue weighted by atomic mass is 35.5. The van der Waals surface area contributed by atoms with Crippen molar-refractivity contribution in [2.75, 3.05) is 23.7 Å². The molecule has 0 heterocycles.